The first-order valence-corrected chi connectivity index (χ1v) is 17.5. The third kappa shape index (κ3) is 6.50. The molecule has 304 valence electrons. The second kappa shape index (κ2) is 14.9. The number of hydrogen-bond acceptors (Lipinski definition) is 20. The smallest absolute Gasteiger partial charge is 0.339 e. The molecule has 3 saturated heterocycles. The van der Waals surface area contributed by atoms with Crippen molar-refractivity contribution < 1.29 is 97.8 Å². The zero-order chi connectivity index (χ0) is 39.6. The average molecular weight is 793 g/mol. The number of ether oxygens (including phenoxy) is 11. The Kier molecular flexibility index (Phi) is 10.3. The molecule has 0 radical (unpaired) electrons. The fourth-order valence-corrected chi connectivity index (χ4v) is 7.33. The normalized spacial score (nSPS) is 33.7. The lowest BCUT2D eigenvalue weighted by atomic mass is 9.88. The number of methoxy groups -OCH3 is 2. The molecule has 0 saturated carbocycles. The van der Waals surface area contributed by atoms with Gasteiger partial charge in [-0.25, -0.2) is 4.79 Å². The number of benzene rings is 3. The number of fused-ring (bicyclic) bond motifs is 3. The van der Waals surface area contributed by atoms with Gasteiger partial charge in [-0.3, -0.25) is 0 Å². The quantitative estimate of drug-likeness (QED) is 0.107. The van der Waals surface area contributed by atoms with E-state index in [0.29, 0.717) is 22.3 Å². The highest BCUT2D eigenvalue weighted by atomic mass is 16.8. The molecule has 8 N–H and O–H groups in total. The average Bonchev–Trinajstić information content (AvgIpc) is 3.89. The minimum Gasteiger partial charge on any atom is -0.507 e. The fourth-order valence-electron chi connectivity index (χ4n) is 7.33. The Bertz CT molecular complexity index is 1990. The van der Waals surface area contributed by atoms with Crippen LogP contribution < -0.4 is 23.7 Å². The van der Waals surface area contributed by atoms with Crippen molar-refractivity contribution in [1.82, 2.24) is 0 Å². The maximum atomic E-state index is 13.6. The van der Waals surface area contributed by atoms with E-state index in [1.165, 1.54) is 26.4 Å². The van der Waals surface area contributed by atoms with Gasteiger partial charge in [-0.15, -0.1) is 0 Å². The van der Waals surface area contributed by atoms with Crippen LogP contribution in [0, 0.1) is 0 Å². The number of cyclic esters (lactones) is 1. The van der Waals surface area contributed by atoms with Crippen LogP contribution in [0.3, 0.4) is 0 Å². The van der Waals surface area contributed by atoms with Gasteiger partial charge >= 0.3 is 5.97 Å². The summed E-state index contributed by atoms with van der Waals surface area (Å²) in [5, 5.41) is 85.7. The molecule has 20 heteroatoms. The molecule has 0 aromatic heterocycles. The van der Waals surface area contributed by atoms with Crippen LogP contribution in [-0.2, 0) is 35.0 Å². The third-order valence-electron chi connectivity index (χ3n) is 10.4. The molecular weight excluding hydrogens is 752 g/mol. The predicted octanol–water partition coefficient (Wildman–Crippen LogP) is -1.63. The molecule has 0 bridgehead atoms. The van der Waals surface area contributed by atoms with Gasteiger partial charge in [0.15, 0.2) is 41.7 Å². The van der Waals surface area contributed by atoms with Crippen LogP contribution in [-0.4, -0.2) is 161 Å². The zero-order valence-corrected chi connectivity index (χ0v) is 29.8. The second-order valence-corrected chi connectivity index (χ2v) is 13.9. The Hall–Kier alpha value is -4.29. The van der Waals surface area contributed by atoms with Crippen LogP contribution in [0.1, 0.15) is 15.9 Å². The summed E-state index contributed by atoms with van der Waals surface area (Å²) in [4.78, 5) is 13.6. The topological polar surface area (TPSA) is 280 Å². The lowest BCUT2D eigenvalue weighted by molar-refractivity contribution is -0.315. The largest absolute Gasteiger partial charge is 0.507 e. The summed E-state index contributed by atoms with van der Waals surface area (Å²) in [6.07, 6.45) is -16.1. The number of phenolic OH excluding ortho intramolecular Hbond substituents is 1. The number of carbonyl (C=O) groups excluding carboxylic acids is 1. The Morgan fingerprint density at radius 3 is 2.05 bits per heavy atom. The first-order chi connectivity index (χ1) is 26.8. The van der Waals surface area contributed by atoms with Crippen molar-refractivity contribution in [2.45, 2.75) is 73.8 Å². The highest BCUT2D eigenvalue weighted by Crippen LogP contribution is 2.52. The molecule has 11 unspecified atom stereocenters. The Morgan fingerprint density at radius 1 is 0.750 bits per heavy atom. The van der Waals surface area contributed by atoms with Gasteiger partial charge in [0, 0.05) is 28.1 Å². The standard InChI is InChI=1S/C36H40O20/c1-46-20-3-13-14(4-21(20)47-2)30(16-7-48-32(44)25(16)24(13)15-5-22-23(6-17(15)37)54-12-53-22)55-35-31(56-34-29(43)27(41)19(39)9-50-34)36(45,11-52-35)10-51-33-28(42)26(40)18(38)8-49-33/h3-6,18-19,26-29,31,33-35,37-43,45H,7-12H2,1-2H3. The summed E-state index contributed by atoms with van der Waals surface area (Å²) in [6, 6.07) is 6.01. The van der Waals surface area contributed by atoms with E-state index in [4.69, 9.17) is 52.1 Å². The zero-order valence-electron chi connectivity index (χ0n) is 29.8. The molecule has 3 fully saturated rings. The monoisotopic (exact) mass is 792 g/mol. The molecule has 5 heterocycles. The van der Waals surface area contributed by atoms with Crippen molar-refractivity contribution in [3.8, 4) is 45.6 Å². The van der Waals surface area contributed by atoms with E-state index in [1.54, 1.807) is 12.1 Å². The number of hydrogen-bond donors (Lipinski definition) is 8. The van der Waals surface area contributed by atoms with Crippen molar-refractivity contribution in [1.29, 1.82) is 0 Å². The molecule has 20 nitrogen and oxygen atoms in total. The Balaban J connectivity index is 1.22. The van der Waals surface area contributed by atoms with E-state index < -0.39 is 93.0 Å². The number of aliphatic hydroxyl groups is 7. The Labute approximate surface area is 316 Å². The summed E-state index contributed by atoms with van der Waals surface area (Å²) in [6.45, 7) is -2.51. The number of aromatic hydroxyl groups is 1. The molecule has 5 aliphatic heterocycles. The summed E-state index contributed by atoms with van der Waals surface area (Å²) in [7, 11) is 2.82. The molecular formula is C36H40O20. The van der Waals surface area contributed by atoms with Crippen molar-refractivity contribution >= 4 is 16.7 Å². The molecule has 56 heavy (non-hydrogen) atoms. The molecule has 0 aliphatic carbocycles. The number of esters is 1. The number of aliphatic hydroxyl groups excluding tert-OH is 6. The highest BCUT2D eigenvalue weighted by Gasteiger charge is 2.56. The van der Waals surface area contributed by atoms with Gasteiger partial charge in [0.25, 0.3) is 0 Å². The summed E-state index contributed by atoms with van der Waals surface area (Å²) < 4.78 is 62.7. The lowest BCUT2D eigenvalue weighted by Gasteiger charge is -2.40. The van der Waals surface area contributed by atoms with Crippen molar-refractivity contribution in [2.75, 3.05) is 47.4 Å². The highest BCUT2D eigenvalue weighted by molar-refractivity contribution is 6.14. The summed E-state index contributed by atoms with van der Waals surface area (Å²) >= 11 is 0. The van der Waals surface area contributed by atoms with Crippen LogP contribution in [0.25, 0.3) is 21.9 Å². The van der Waals surface area contributed by atoms with E-state index in [0.717, 1.165) is 0 Å². The van der Waals surface area contributed by atoms with Crippen molar-refractivity contribution in [3.05, 3.63) is 35.4 Å². The molecule has 0 spiro atoms. The number of phenols is 1. The van der Waals surface area contributed by atoms with Gasteiger partial charge in [0.2, 0.25) is 13.1 Å². The van der Waals surface area contributed by atoms with Crippen LogP contribution in [0.2, 0.25) is 0 Å². The maximum Gasteiger partial charge on any atom is 0.339 e. The number of carbonyl (C=O) groups is 1. The first kappa shape index (κ1) is 38.6. The fraction of sp³-hybridized carbons (Fsp3) is 0.528. The van der Waals surface area contributed by atoms with E-state index in [2.05, 4.69) is 0 Å². The van der Waals surface area contributed by atoms with E-state index in [-0.39, 0.29) is 65.3 Å². The predicted molar refractivity (Wildman–Crippen MR) is 181 cm³/mol. The summed E-state index contributed by atoms with van der Waals surface area (Å²) in [5.41, 5.74) is -1.56. The molecule has 8 rings (SSSR count). The van der Waals surface area contributed by atoms with Crippen molar-refractivity contribution in [2.24, 2.45) is 0 Å². The first-order valence-electron chi connectivity index (χ1n) is 17.5. The van der Waals surface area contributed by atoms with Crippen molar-refractivity contribution in [3.63, 3.8) is 0 Å². The van der Waals surface area contributed by atoms with Gasteiger partial charge in [-0.05, 0) is 23.6 Å². The van der Waals surface area contributed by atoms with Crippen LogP contribution in [0.15, 0.2) is 24.3 Å². The van der Waals surface area contributed by atoms with Crippen LogP contribution in [0.5, 0.6) is 34.5 Å². The van der Waals surface area contributed by atoms with E-state index >= 15 is 0 Å². The number of rotatable bonds is 10. The summed E-state index contributed by atoms with van der Waals surface area (Å²) in [5.74, 6) is 0.0900. The maximum absolute atomic E-state index is 13.6. The van der Waals surface area contributed by atoms with Gasteiger partial charge in [-0.1, -0.05) is 0 Å². The van der Waals surface area contributed by atoms with Gasteiger partial charge in [0.1, 0.15) is 60.3 Å². The third-order valence-corrected chi connectivity index (χ3v) is 10.4. The minimum absolute atomic E-state index is 0.00160. The van der Waals surface area contributed by atoms with Crippen LogP contribution >= 0.6 is 0 Å². The van der Waals surface area contributed by atoms with Gasteiger partial charge in [0.05, 0.1) is 46.2 Å². The SMILES string of the molecule is COc1cc2c(OC3OCC(O)(COC4OCC(O)C(O)C4O)C3OC3OCC(O)C(O)C3O)c3c(c(-c4cc5c(cc4O)OCO5)c2cc1OC)C(=O)OC3. The van der Waals surface area contributed by atoms with Gasteiger partial charge in [-0.2, -0.15) is 0 Å². The van der Waals surface area contributed by atoms with Crippen LogP contribution in [0.4, 0.5) is 0 Å². The molecule has 5 aliphatic rings. The van der Waals surface area contributed by atoms with E-state index in [1.807, 2.05) is 0 Å². The van der Waals surface area contributed by atoms with E-state index in [9.17, 15) is 45.6 Å². The lowest BCUT2D eigenvalue weighted by Crippen LogP contribution is -2.59. The van der Waals surface area contributed by atoms with Gasteiger partial charge < -0.3 is 93.0 Å². The Morgan fingerprint density at radius 2 is 1.38 bits per heavy atom. The molecule has 0 amide bonds. The second-order valence-electron chi connectivity index (χ2n) is 13.9. The molecule has 3 aromatic carbocycles. The molecule has 3 aromatic rings. The minimum atomic E-state index is -2.19. The molecule has 11 atom stereocenters.